The number of alkyl halides is 1. The number of ether oxygens (including phenoxy) is 6. The number of aliphatic hydroxyl groups is 7. The van der Waals surface area contributed by atoms with Crippen molar-refractivity contribution in [1.29, 1.82) is 0 Å². The van der Waals surface area contributed by atoms with Crippen LogP contribution in [0.4, 0.5) is 4.39 Å². The molecular formula is C27H52FN7O14. The Kier molecular flexibility index (Phi) is 14.4. The molecule has 0 aromatic rings. The highest BCUT2D eigenvalue weighted by Crippen LogP contribution is 2.35. The summed E-state index contributed by atoms with van der Waals surface area (Å²) in [5.74, 6) is -1.20. The molecule has 1 aliphatic carbocycles. The first-order chi connectivity index (χ1) is 23.2. The predicted octanol–water partition coefficient (Wildman–Crippen LogP) is -9.05. The molecule has 3 saturated heterocycles. The lowest BCUT2D eigenvalue weighted by molar-refractivity contribution is -0.317. The molecule has 0 bridgehead atoms. The fourth-order valence-electron chi connectivity index (χ4n) is 6.37. The Hall–Kier alpha value is -1.36. The van der Waals surface area contributed by atoms with E-state index in [4.69, 9.17) is 62.8 Å². The maximum atomic E-state index is 14.0. The van der Waals surface area contributed by atoms with Crippen LogP contribution in [0, 0.1) is 0 Å². The van der Waals surface area contributed by atoms with Crippen molar-refractivity contribution >= 4 is 5.91 Å². The fourth-order valence-corrected chi connectivity index (χ4v) is 6.37. The van der Waals surface area contributed by atoms with Crippen molar-refractivity contribution in [2.45, 2.75) is 135 Å². The third-order valence-corrected chi connectivity index (χ3v) is 9.35. The molecule has 20 atom stereocenters. The molecule has 20 N–H and O–H groups in total. The van der Waals surface area contributed by atoms with Gasteiger partial charge in [-0.25, -0.2) is 4.39 Å². The first kappa shape index (κ1) is 40.4. The minimum absolute atomic E-state index is 0.0304. The number of nitrogens with two attached hydrogens (primary N) is 6. The molecule has 3 heterocycles. The predicted molar refractivity (Wildman–Crippen MR) is 161 cm³/mol. The zero-order chi connectivity index (χ0) is 36.3. The molecule has 21 nitrogen and oxygen atoms in total. The molecule has 4 rings (SSSR count). The summed E-state index contributed by atoms with van der Waals surface area (Å²) in [6.45, 7) is -1.70. The molecule has 4 aliphatic rings. The molecule has 49 heavy (non-hydrogen) atoms. The quantitative estimate of drug-likeness (QED) is 0.0840. The average molecular weight is 718 g/mol. The van der Waals surface area contributed by atoms with Gasteiger partial charge in [0.05, 0.1) is 36.9 Å². The van der Waals surface area contributed by atoms with Crippen LogP contribution in [0.5, 0.6) is 0 Å². The number of halogens is 1. The average Bonchev–Trinajstić information content (AvgIpc) is 3.38. The van der Waals surface area contributed by atoms with Gasteiger partial charge in [0.1, 0.15) is 61.1 Å². The van der Waals surface area contributed by atoms with Gasteiger partial charge in [-0.3, -0.25) is 4.79 Å². The summed E-state index contributed by atoms with van der Waals surface area (Å²) in [6.07, 6.45) is -23.8. The molecule has 286 valence electrons. The first-order valence-corrected chi connectivity index (χ1v) is 16.1. The minimum atomic E-state index is -2.17. The molecule has 3 aliphatic heterocycles. The van der Waals surface area contributed by atoms with Crippen LogP contribution in [0.25, 0.3) is 0 Å². The molecule has 0 aromatic heterocycles. The van der Waals surface area contributed by atoms with Gasteiger partial charge in [0.25, 0.3) is 5.91 Å². The summed E-state index contributed by atoms with van der Waals surface area (Å²) in [6, 6.07) is -4.60. The van der Waals surface area contributed by atoms with Gasteiger partial charge in [0, 0.05) is 25.7 Å². The maximum absolute atomic E-state index is 14.0. The number of aliphatic hydroxyl groups excluding tert-OH is 7. The number of nitrogens with one attached hydrogen (secondary N) is 1. The molecule has 22 heteroatoms. The lowest BCUT2D eigenvalue weighted by Crippen LogP contribution is -2.68. The van der Waals surface area contributed by atoms with E-state index in [9.17, 15) is 44.9 Å². The lowest BCUT2D eigenvalue weighted by Gasteiger charge is -2.47. The Morgan fingerprint density at radius 3 is 1.96 bits per heavy atom. The maximum Gasteiger partial charge on any atom is 0.252 e. The van der Waals surface area contributed by atoms with Crippen molar-refractivity contribution in [3.05, 3.63) is 0 Å². The van der Waals surface area contributed by atoms with E-state index in [0.717, 1.165) is 0 Å². The van der Waals surface area contributed by atoms with Crippen LogP contribution in [0.3, 0.4) is 0 Å². The largest absolute Gasteiger partial charge is 0.394 e. The van der Waals surface area contributed by atoms with E-state index in [1.165, 1.54) is 0 Å². The van der Waals surface area contributed by atoms with Gasteiger partial charge in [-0.2, -0.15) is 0 Å². The van der Waals surface area contributed by atoms with Gasteiger partial charge >= 0.3 is 0 Å². The van der Waals surface area contributed by atoms with E-state index in [0.29, 0.717) is 0 Å². The molecular weight excluding hydrogens is 665 g/mol. The Balaban J connectivity index is 1.62. The van der Waals surface area contributed by atoms with Crippen molar-refractivity contribution < 1.29 is 73.4 Å². The zero-order valence-corrected chi connectivity index (χ0v) is 26.6. The Morgan fingerprint density at radius 2 is 1.35 bits per heavy atom. The highest BCUT2D eigenvalue weighted by molar-refractivity contribution is 5.81. The molecule has 1 saturated carbocycles. The summed E-state index contributed by atoms with van der Waals surface area (Å²) in [5, 5.41) is 75.9. The van der Waals surface area contributed by atoms with Crippen LogP contribution in [0.1, 0.15) is 12.8 Å². The van der Waals surface area contributed by atoms with Gasteiger partial charge in [0.15, 0.2) is 25.0 Å². The zero-order valence-electron chi connectivity index (χ0n) is 26.6. The van der Waals surface area contributed by atoms with E-state index in [1.54, 1.807) is 0 Å². The molecule has 0 radical (unpaired) electrons. The van der Waals surface area contributed by atoms with Crippen LogP contribution in [0.2, 0.25) is 0 Å². The third kappa shape index (κ3) is 8.82. The van der Waals surface area contributed by atoms with E-state index in [-0.39, 0.29) is 25.9 Å². The van der Waals surface area contributed by atoms with Crippen molar-refractivity contribution in [2.24, 2.45) is 34.4 Å². The number of hydrogen-bond acceptors (Lipinski definition) is 20. The number of carbonyl (C=O) groups is 1. The SMILES string of the molecule is NC[C@@H](F)[C@H](O)C(=O)N[C@@H]1C[C@H](N)[C@@H](O[C@H]2O[C@H](CN)[C@@H](O)C[C@H]2N)[C@H](O[C@@H]2O[C@H](CO)[C@@H](O)[C@H]2O[C@H]2O[C@@H](CN)[C@@H](O)[C@H](O)[C@H]2N)[C@H]1O. The van der Waals surface area contributed by atoms with Crippen molar-refractivity contribution in [2.75, 3.05) is 26.2 Å². The molecule has 0 unspecified atom stereocenters. The summed E-state index contributed by atoms with van der Waals surface area (Å²) in [7, 11) is 0. The van der Waals surface area contributed by atoms with Crippen molar-refractivity contribution in [1.82, 2.24) is 5.32 Å². The van der Waals surface area contributed by atoms with Crippen molar-refractivity contribution in [3.63, 3.8) is 0 Å². The number of amides is 1. The third-order valence-electron chi connectivity index (χ3n) is 9.35. The highest BCUT2D eigenvalue weighted by Gasteiger charge is 2.54. The second-order valence-electron chi connectivity index (χ2n) is 12.8. The number of hydrogen-bond donors (Lipinski definition) is 14. The first-order valence-electron chi connectivity index (χ1n) is 16.1. The standard InChI is InChI=1S/C27H52FN7O14/c28-7(3-29)16(38)24(43)35-10-1-8(32)21(47-25-9(33)2-11(37)12(4-30)44-25)22(17(10)39)48-27-23(19(41)14(6-36)46-27)49-26-15(34)20(42)18(40)13(5-31)45-26/h7-23,25-27,36-42H,1-6,29-34H2,(H,35,43)/t7-,8+,9-,10-,11+,12-,13+,14-,15-,16+,17+,18-,19-,20-,21-,22-,23-,25-,26-,27+/m1/s1. The van der Waals surface area contributed by atoms with Crippen LogP contribution < -0.4 is 39.7 Å². The smallest absolute Gasteiger partial charge is 0.252 e. The normalized spacial score (nSPS) is 47.5. The van der Waals surface area contributed by atoms with E-state index >= 15 is 0 Å². The fraction of sp³-hybridized carbons (Fsp3) is 0.963. The van der Waals surface area contributed by atoms with E-state index in [2.05, 4.69) is 5.32 Å². The number of rotatable bonds is 13. The number of carbonyl (C=O) groups excluding carboxylic acids is 1. The topological polar surface area (TPSA) is 382 Å². The monoisotopic (exact) mass is 717 g/mol. The van der Waals surface area contributed by atoms with Gasteiger partial charge in [0.2, 0.25) is 0 Å². The molecule has 4 fully saturated rings. The summed E-state index contributed by atoms with van der Waals surface area (Å²) in [5.41, 5.74) is 35.3. The molecule has 1 amide bonds. The minimum Gasteiger partial charge on any atom is -0.394 e. The van der Waals surface area contributed by atoms with Gasteiger partial charge < -0.3 is 104 Å². The van der Waals surface area contributed by atoms with Crippen LogP contribution in [-0.2, 0) is 33.2 Å². The molecule has 0 spiro atoms. The second kappa shape index (κ2) is 17.4. The van der Waals surface area contributed by atoms with E-state index in [1.807, 2.05) is 0 Å². The summed E-state index contributed by atoms with van der Waals surface area (Å²) in [4.78, 5) is 12.7. The Morgan fingerprint density at radius 1 is 0.755 bits per heavy atom. The second-order valence-corrected chi connectivity index (χ2v) is 12.8. The van der Waals surface area contributed by atoms with Gasteiger partial charge in [-0.05, 0) is 12.8 Å². The van der Waals surface area contributed by atoms with Crippen molar-refractivity contribution in [3.8, 4) is 0 Å². The summed E-state index contributed by atoms with van der Waals surface area (Å²) < 4.78 is 49.3. The van der Waals surface area contributed by atoms with Crippen LogP contribution in [-0.4, -0.2) is 190 Å². The Labute approximate surface area is 280 Å². The highest BCUT2D eigenvalue weighted by atomic mass is 19.1. The lowest BCUT2D eigenvalue weighted by atomic mass is 9.83. The van der Waals surface area contributed by atoms with E-state index < -0.39 is 142 Å². The van der Waals surface area contributed by atoms with Crippen LogP contribution >= 0.6 is 0 Å². The molecule has 0 aromatic carbocycles. The van der Waals surface area contributed by atoms with Crippen LogP contribution in [0.15, 0.2) is 0 Å². The summed E-state index contributed by atoms with van der Waals surface area (Å²) >= 11 is 0. The van der Waals surface area contributed by atoms with Gasteiger partial charge in [-0.15, -0.1) is 0 Å². The van der Waals surface area contributed by atoms with Gasteiger partial charge in [-0.1, -0.05) is 0 Å². The Bertz CT molecular complexity index is 1060.